The van der Waals surface area contributed by atoms with E-state index in [1.54, 1.807) is 12.1 Å². The highest BCUT2D eigenvalue weighted by molar-refractivity contribution is 7.90. The Hall–Kier alpha value is -3.01. The average molecular weight is 435 g/mol. The summed E-state index contributed by atoms with van der Waals surface area (Å²) in [6, 6.07) is 9.97. The Morgan fingerprint density at radius 1 is 1.20 bits per heavy atom. The van der Waals surface area contributed by atoms with Gasteiger partial charge in [-0.25, -0.2) is 12.8 Å². The number of benzene rings is 2. The van der Waals surface area contributed by atoms with Crippen molar-refractivity contribution in [3.05, 3.63) is 64.0 Å². The lowest BCUT2D eigenvalue weighted by molar-refractivity contribution is -0.387. The van der Waals surface area contributed by atoms with Crippen molar-refractivity contribution in [3.63, 3.8) is 0 Å². The number of hydrogen-bond donors (Lipinski definition) is 1. The SMILES string of the molecule is CS(=O)(=O)c1cc(N2CCC(C(=O)NCc3ccc(F)cc3)CC2)ccc1[N+](=O)[O-]. The van der Waals surface area contributed by atoms with Crippen LogP contribution in [0.3, 0.4) is 0 Å². The Balaban J connectivity index is 1.61. The number of halogens is 1. The van der Waals surface area contributed by atoms with Crippen LogP contribution in [-0.2, 0) is 21.2 Å². The zero-order valence-electron chi connectivity index (χ0n) is 16.4. The number of rotatable bonds is 6. The van der Waals surface area contributed by atoms with Gasteiger partial charge in [-0.15, -0.1) is 0 Å². The summed E-state index contributed by atoms with van der Waals surface area (Å²) in [5, 5.41) is 14.0. The van der Waals surface area contributed by atoms with Gasteiger partial charge >= 0.3 is 0 Å². The van der Waals surface area contributed by atoms with Crippen molar-refractivity contribution in [1.82, 2.24) is 5.32 Å². The normalized spacial score (nSPS) is 15.1. The predicted molar refractivity (Wildman–Crippen MR) is 109 cm³/mol. The Kier molecular flexibility index (Phi) is 6.35. The minimum atomic E-state index is -3.76. The Morgan fingerprint density at radius 2 is 1.83 bits per heavy atom. The average Bonchev–Trinajstić information content (AvgIpc) is 2.72. The molecule has 2 aromatic rings. The van der Waals surface area contributed by atoms with Crippen molar-refractivity contribution in [1.29, 1.82) is 0 Å². The zero-order chi connectivity index (χ0) is 21.9. The molecule has 0 aromatic heterocycles. The maximum Gasteiger partial charge on any atom is 0.288 e. The molecule has 0 aliphatic carbocycles. The highest BCUT2D eigenvalue weighted by atomic mass is 32.2. The minimum absolute atomic E-state index is 0.0838. The smallest absolute Gasteiger partial charge is 0.288 e. The molecule has 1 N–H and O–H groups in total. The third-order valence-corrected chi connectivity index (χ3v) is 6.28. The molecule has 1 aliphatic rings. The topological polar surface area (TPSA) is 110 Å². The molecule has 0 saturated carbocycles. The third-order valence-electron chi connectivity index (χ3n) is 5.15. The van der Waals surface area contributed by atoms with Crippen LogP contribution in [0.2, 0.25) is 0 Å². The largest absolute Gasteiger partial charge is 0.371 e. The van der Waals surface area contributed by atoms with Gasteiger partial charge in [0.2, 0.25) is 5.91 Å². The lowest BCUT2D eigenvalue weighted by Gasteiger charge is -2.33. The van der Waals surface area contributed by atoms with Gasteiger partial charge < -0.3 is 10.2 Å². The second-order valence-corrected chi connectivity index (χ2v) is 9.27. The Labute approximate surface area is 173 Å². The first kappa shape index (κ1) is 21.7. The fraction of sp³-hybridized carbons (Fsp3) is 0.350. The zero-order valence-corrected chi connectivity index (χ0v) is 17.2. The van der Waals surface area contributed by atoms with Crippen LogP contribution in [-0.4, -0.2) is 38.6 Å². The standard InChI is InChI=1S/C20H22FN3O5S/c1-30(28,29)19-12-17(6-7-18(19)24(26)27)23-10-8-15(9-11-23)20(25)22-13-14-2-4-16(21)5-3-14/h2-7,12,15H,8-11,13H2,1H3,(H,22,25). The number of carbonyl (C=O) groups is 1. The molecule has 30 heavy (non-hydrogen) atoms. The summed E-state index contributed by atoms with van der Waals surface area (Å²) < 4.78 is 36.8. The molecule has 1 saturated heterocycles. The van der Waals surface area contributed by atoms with Gasteiger partial charge in [-0.2, -0.15) is 0 Å². The van der Waals surface area contributed by atoms with Crippen molar-refractivity contribution in [2.45, 2.75) is 24.3 Å². The molecule has 0 radical (unpaired) electrons. The van der Waals surface area contributed by atoms with E-state index in [-0.39, 0.29) is 22.5 Å². The van der Waals surface area contributed by atoms with E-state index in [9.17, 15) is 27.7 Å². The van der Waals surface area contributed by atoms with Crippen LogP contribution in [0.25, 0.3) is 0 Å². The molecule has 160 valence electrons. The Bertz CT molecular complexity index is 1050. The lowest BCUT2D eigenvalue weighted by atomic mass is 9.95. The number of piperidine rings is 1. The maximum absolute atomic E-state index is 12.9. The minimum Gasteiger partial charge on any atom is -0.371 e. The molecule has 2 aromatic carbocycles. The number of nitro groups is 1. The monoisotopic (exact) mass is 435 g/mol. The van der Waals surface area contributed by atoms with Gasteiger partial charge in [-0.05, 0) is 42.7 Å². The summed E-state index contributed by atoms with van der Waals surface area (Å²) in [5.41, 5.74) is 0.934. The second-order valence-electron chi connectivity index (χ2n) is 7.29. The number of amides is 1. The number of sulfone groups is 1. The van der Waals surface area contributed by atoms with Crippen LogP contribution in [0.15, 0.2) is 47.4 Å². The van der Waals surface area contributed by atoms with Gasteiger partial charge in [-0.1, -0.05) is 12.1 Å². The van der Waals surface area contributed by atoms with Crippen LogP contribution < -0.4 is 10.2 Å². The highest BCUT2D eigenvalue weighted by Crippen LogP contribution is 2.31. The molecule has 0 spiro atoms. The number of carbonyl (C=O) groups excluding carboxylic acids is 1. The quantitative estimate of drug-likeness (QED) is 0.552. The first-order valence-electron chi connectivity index (χ1n) is 9.41. The molecule has 1 heterocycles. The molecular formula is C20H22FN3O5S. The van der Waals surface area contributed by atoms with E-state index in [0.717, 1.165) is 11.8 Å². The number of anilines is 1. The molecule has 10 heteroatoms. The van der Waals surface area contributed by atoms with Crippen molar-refractivity contribution < 1.29 is 22.5 Å². The fourth-order valence-electron chi connectivity index (χ4n) is 3.48. The fourth-order valence-corrected chi connectivity index (χ4v) is 4.34. The first-order chi connectivity index (χ1) is 14.1. The second kappa shape index (κ2) is 8.78. The van der Waals surface area contributed by atoms with Crippen molar-refractivity contribution in [3.8, 4) is 0 Å². The van der Waals surface area contributed by atoms with Gasteiger partial charge in [-0.3, -0.25) is 14.9 Å². The summed E-state index contributed by atoms with van der Waals surface area (Å²) in [6.45, 7) is 1.37. The number of nitro benzene ring substituents is 1. The summed E-state index contributed by atoms with van der Waals surface area (Å²) in [5.74, 6) is -0.601. The van der Waals surface area contributed by atoms with Gasteiger partial charge in [0, 0.05) is 43.6 Å². The van der Waals surface area contributed by atoms with Gasteiger partial charge in [0.1, 0.15) is 10.7 Å². The molecule has 1 amide bonds. The molecule has 0 bridgehead atoms. The molecule has 8 nitrogen and oxygen atoms in total. The van der Waals surface area contributed by atoms with Crippen LogP contribution in [0, 0.1) is 21.8 Å². The predicted octanol–water partition coefficient (Wildman–Crippen LogP) is 2.67. The van der Waals surface area contributed by atoms with Crippen molar-refractivity contribution in [2.75, 3.05) is 24.2 Å². The van der Waals surface area contributed by atoms with E-state index in [4.69, 9.17) is 0 Å². The van der Waals surface area contributed by atoms with E-state index in [1.807, 2.05) is 4.90 Å². The van der Waals surface area contributed by atoms with E-state index < -0.39 is 20.4 Å². The van der Waals surface area contributed by atoms with Crippen LogP contribution in [0.4, 0.5) is 15.8 Å². The third kappa shape index (κ3) is 5.12. The molecule has 0 unspecified atom stereocenters. The molecule has 1 fully saturated rings. The molecular weight excluding hydrogens is 413 g/mol. The Morgan fingerprint density at radius 3 is 2.40 bits per heavy atom. The van der Waals surface area contributed by atoms with Gasteiger partial charge in [0.05, 0.1) is 4.92 Å². The van der Waals surface area contributed by atoms with Crippen LogP contribution >= 0.6 is 0 Å². The number of nitrogens with zero attached hydrogens (tertiary/aromatic N) is 2. The molecule has 3 rings (SSSR count). The maximum atomic E-state index is 12.9. The van der Waals surface area contributed by atoms with E-state index in [1.165, 1.54) is 30.3 Å². The summed E-state index contributed by atoms with van der Waals surface area (Å²) in [6.07, 6.45) is 2.08. The summed E-state index contributed by atoms with van der Waals surface area (Å²) in [4.78, 5) is 24.4. The van der Waals surface area contributed by atoms with E-state index in [2.05, 4.69) is 5.32 Å². The first-order valence-corrected chi connectivity index (χ1v) is 11.3. The van der Waals surface area contributed by atoms with Crippen molar-refractivity contribution in [2.24, 2.45) is 5.92 Å². The van der Waals surface area contributed by atoms with Crippen molar-refractivity contribution >= 4 is 27.1 Å². The van der Waals surface area contributed by atoms with Crippen LogP contribution in [0.1, 0.15) is 18.4 Å². The van der Waals surface area contributed by atoms with Gasteiger partial charge in [0.15, 0.2) is 9.84 Å². The lowest BCUT2D eigenvalue weighted by Crippen LogP contribution is -2.40. The van der Waals surface area contributed by atoms with E-state index >= 15 is 0 Å². The number of nitrogens with one attached hydrogen (secondary N) is 1. The summed E-state index contributed by atoms with van der Waals surface area (Å²) >= 11 is 0. The highest BCUT2D eigenvalue weighted by Gasteiger charge is 2.28. The molecule has 0 atom stereocenters. The summed E-state index contributed by atoms with van der Waals surface area (Å²) in [7, 11) is -3.76. The van der Waals surface area contributed by atoms with Gasteiger partial charge in [0.25, 0.3) is 5.69 Å². The molecule has 1 aliphatic heterocycles. The number of hydrogen-bond acceptors (Lipinski definition) is 6. The van der Waals surface area contributed by atoms with Crippen LogP contribution in [0.5, 0.6) is 0 Å². The van der Waals surface area contributed by atoms with E-state index in [0.29, 0.717) is 38.2 Å².